The van der Waals surface area contributed by atoms with Crippen molar-refractivity contribution in [2.24, 2.45) is 16.9 Å². The molecular weight excluding hydrogens is 292 g/mol. The van der Waals surface area contributed by atoms with E-state index in [0.717, 1.165) is 5.56 Å². The molecule has 0 radical (unpaired) electrons. The number of rotatable bonds is 3. The molecule has 2 rings (SSSR count). The van der Waals surface area contributed by atoms with Crippen LogP contribution >= 0.6 is 0 Å². The Hall–Kier alpha value is -2.17. The molecule has 1 aliphatic rings. The van der Waals surface area contributed by atoms with E-state index < -0.39 is 11.6 Å². The van der Waals surface area contributed by atoms with Gasteiger partial charge in [-0.1, -0.05) is 44.2 Å². The van der Waals surface area contributed by atoms with Crippen LogP contribution in [-0.2, 0) is 20.9 Å². The molecule has 2 atom stereocenters. The third-order valence-corrected chi connectivity index (χ3v) is 3.84. The normalized spacial score (nSPS) is 21.9. The lowest BCUT2D eigenvalue weighted by Crippen LogP contribution is -2.45. The first-order valence-corrected chi connectivity index (χ1v) is 7.86. The predicted octanol–water partition coefficient (Wildman–Crippen LogP) is 3.00. The summed E-state index contributed by atoms with van der Waals surface area (Å²) in [5.74, 6) is -1.10. The second-order valence-corrected chi connectivity index (χ2v) is 6.95. The van der Waals surface area contributed by atoms with Crippen molar-refractivity contribution in [3.63, 3.8) is 0 Å². The summed E-state index contributed by atoms with van der Waals surface area (Å²) in [6, 6.07) is 9.60. The highest BCUT2D eigenvalue weighted by Gasteiger charge is 2.38. The first-order chi connectivity index (χ1) is 10.7. The van der Waals surface area contributed by atoms with Crippen molar-refractivity contribution in [3.8, 4) is 0 Å². The largest absolute Gasteiger partial charge is 0.455 e. The fourth-order valence-electron chi connectivity index (χ4n) is 2.38. The van der Waals surface area contributed by atoms with E-state index >= 15 is 0 Å². The number of carbonyl (C=O) groups is 2. The van der Waals surface area contributed by atoms with E-state index in [2.05, 4.69) is 5.10 Å². The Kier molecular flexibility index (Phi) is 4.88. The smallest absolute Gasteiger partial charge is 0.355 e. The van der Waals surface area contributed by atoms with E-state index in [1.165, 1.54) is 5.01 Å². The average Bonchev–Trinajstić information content (AvgIpc) is 2.47. The molecular formula is C18H24N2O3. The Morgan fingerprint density at radius 3 is 2.35 bits per heavy atom. The van der Waals surface area contributed by atoms with E-state index in [1.807, 2.05) is 65.0 Å². The summed E-state index contributed by atoms with van der Waals surface area (Å²) in [5.41, 5.74) is 0.687. The molecule has 0 fully saturated rings. The molecule has 0 aliphatic carbocycles. The van der Waals surface area contributed by atoms with Crippen LogP contribution in [0.5, 0.6) is 0 Å². The summed E-state index contributed by atoms with van der Waals surface area (Å²) >= 11 is 0. The fraction of sp³-hybridized carbons (Fsp3) is 0.500. The van der Waals surface area contributed by atoms with E-state index in [4.69, 9.17) is 4.74 Å². The van der Waals surface area contributed by atoms with Gasteiger partial charge < -0.3 is 4.74 Å². The van der Waals surface area contributed by atoms with Gasteiger partial charge in [0.25, 0.3) is 0 Å². The maximum absolute atomic E-state index is 12.5. The van der Waals surface area contributed by atoms with Crippen molar-refractivity contribution in [2.45, 2.75) is 46.8 Å². The number of carbonyl (C=O) groups excluding carboxylic acids is 2. The van der Waals surface area contributed by atoms with Crippen LogP contribution in [0.25, 0.3) is 0 Å². The number of hydrogen-bond donors (Lipinski definition) is 0. The van der Waals surface area contributed by atoms with Gasteiger partial charge in [-0.05, 0) is 26.3 Å². The summed E-state index contributed by atoms with van der Waals surface area (Å²) < 4.78 is 5.42. The van der Waals surface area contributed by atoms with Crippen LogP contribution in [0.15, 0.2) is 35.4 Å². The van der Waals surface area contributed by atoms with Gasteiger partial charge in [0.05, 0.1) is 6.54 Å². The van der Waals surface area contributed by atoms with E-state index in [9.17, 15) is 9.59 Å². The van der Waals surface area contributed by atoms with Gasteiger partial charge in [-0.2, -0.15) is 5.10 Å². The van der Waals surface area contributed by atoms with Gasteiger partial charge in [-0.3, -0.25) is 4.79 Å². The lowest BCUT2D eigenvalue weighted by Gasteiger charge is -2.32. The summed E-state index contributed by atoms with van der Waals surface area (Å²) in [6.45, 7) is 9.46. The van der Waals surface area contributed by atoms with Crippen molar-refractivity contribution in [1.82, 2.24) is 5.01 Å². The van der Waals surface area contributed by atoms with Crippen molar-refractivity contribution < 1.29 is 14.3 Å². The molecule has 0 spiro atoms. The third-order valence-electron chi connectivity index (χ3n) is 3.84. The number of ether oxygens (including phenoxy) is 1. The van der Waals surface area contributed by atoms with Crippen molar-refractivity contribution in [1.29, 1.82) is 0 Å². The molecule has 0 N–H and O–H groups in total. The topological polar surface area (TPSA) is 59.0 Å². The van der Waals surface area contributed by atoms with Crippen LogP contribution in [0.3, 0.4) is 0 Å². The van der Waals surface area contributed by atoms with Crippen LogP contribution in [0.4, 0.5) is 0 Å². The number of hydrogen-bond acceptors (Lipinski definition) is 4. The predicted molar refractivity (Wildman–Crippen MR) is 88.6 cm³/mol. The minimum Gasteiger partial charge on any atom is -0.455 e. The van der Waals surface area contributed by atoms with Crippen LogP contribution in [0.1, 0.15) is 40.2 Å². The zero-order chi connectivity index (χ0) is 17.2. The highest BCUT2D eigenvalue weighted by Crippen LogP contribution is 2.25. The van der Waals surface area contributed by atoms with E-state index in [-0.39, 0.29) is 17.7 Å². The highest BCUT2D eigenvalue weighted by molar-refractivity contribution is 6.38. The molecule has 0 saturated heterocycles. The summed E-state index contributed by atoms with van der Waals surface area (Å²) in [4.78, 5) is 24.8. The first kappa shape index (κ1) is 17.2. The standard InChI is InChI=1S/C18H24N2O3/c1-12-13(2)16(21)20(11-14-9-7-6-8-10-14)19-15(12)17(22)23-18(3,4)5/h6-10,12-13H,11H2,1-5H3/t12-,13-/m0/s1. The number of esters is 1. The number of nitrogens with zero attached hydrogens (tertiary/aromatic N) is 2. The average molecular weight is 316 g/mol. The van der Waals surface area contributed by atoms with Gasteiger partial charge in [0.1, 0.15) is 11.3 Å². The molecule has 5 heteroatoms. The van der Waals surface area contributed by atoms with Gasteiger partial charge in [-0.15, -0.1) is 0 Å². The molecule has 1 heterocycles. The van der Waals surface area contributed by atoms with Gasteiger partial charge in [-0.25, -0.2) is 9.80 Å². The maximum Gasteiger partial charge on any atom is 0.355 e. The molecule has 124 valence electrons. The SMILES string of the molecule is C[C@@H]1C(=O)N(Cc2ccccc2)N=C(C(=O)OC(C)(C)C)[C@H]1C. The molecule has 0 bridgehead atoms. The zero-order valence-corrected chi connectivity index (χ0v) is 14.4. The number of benzene rings is 1. The Morgan fingerprint density at radius 2 is 1.78 bits per heavy atom. The van der Waals surface area contributed by atoms with Gasteiger partial charge >= 0.3 is 5.97 Å². The number of hydrazone groups is 1. The van der Waals surface area contributed by atoms with Crippen LogP contribution in [0.2, 0.25) is 0 Å². The molecule has 0 unspecified atom stereocenters. The lowest BCUT2D eigenvalue weighted by atomic mass is 9.88. The van der Waals surface area contributed by atoms with Crippen LogP contribution in [0, 0.1) is 11.8 Å². The van der Waals surface area contributed by atoms with Crippen molar-refractivity contribution in [2.75, 3.05) is 0 Å². The summed E-state index contributed by atoms with van der Waals surface area (Å²) in [5, 5.41) is 5.67. The van der Waals surface area contributed by atoms with E-state index in [1.54, 1.807) is 0 Å². The fourth-order valence-corrected chi connectivity index (χ4v) is 2.38. The molecule has 0 aromatic heterocycles. The minimum absolute atomic E-state index is 0.0753. The van der Waals surface area contributed by atoms with Gasteiger partial charge in [0.15, 0.2) is 0 Å². The minimum atomic E-state index is -0.589. The Bertz CT molecular complexity index is 617. The quantitative estimate of drug-likeness (QED) is 0.805. The highest BCUT2D eigenvalue weighted by atomic mass is 16.6. The van der Waals surface area contributed by atoms with Crippen LogP contribution in [-0.4, -0.2) is 28.2 Å². The monoisotopic (exact) mass is 316 g/mol. The Labute approximate surface area is 137 Å². The molecule has 5 nitrogen and oxygen atoms in total. The first-order valence-electron chi connectivity index (χ1n) is 7.86. The molecule has 1 amide bonds. The molecule has 1 aromatic rings. The molecule has 23 heavy (non-hydrogen) atoms. The molecule has 1 aliphatic heterocycles. The summed E-state index contributed by atoms with van der Waals surface area (Å²) in [7, 11) is 0. The summed E-state index contributed by atoms with van der Waals surface area (Å²) in [6.07, 6.45) is 0. The Balaban J connectivity index is 2.27. The molecule has 1 aromatic carbocycles. The van der Waals surface area contributed by atoms with Gasteiger partial charge in [0.2, 0.25) is 5.91 Å². The second kappa shape index (κ2) is 6.52. The third kappa shape index (κ3) is 4.18. The van der Waals surface area contributed by atoms with Gasteiger partial charge in [0, 0.05) is 11.8 Å². The van der Waals surface area contributed by atoms with Crippen LogP contribution < -0.4 is 0 Å². The van der Waals surface area contributed by atoms with E-state index in [0.29, 0.717) is 12.3 Å². The second-order valence-electron chi connectivity index (χ2n) is 6.95. The van der Waals surface area contributed by atoms with Crippen molar-refractivity contribution >= 4 is 17.6 Å². The number of amides is 1. The van der Waals surface area contributed by atoms with Crippen molar-refractivity contribution in [3.05, 3.63) is 35.9 Å². The lowest BCUT2D eigenvalue weighted by molar-refractivity contribution is -0.147. The zero-order valence-electron chi connectivity index (χ0n) is 14.4. The molecule has 0 saturated carbocycles. The Morgan fingerprint density at radius 1 is 1.17 bits per heavy atom. The maximum atomic E-state index is 12.5.